The highest BCUT2D eigenvalue weighted by molar-refractivity contribution is 5.99. The average molecular weight is 491 g/mol. The lowest BCUT2D eigenvalue weighted by molar-refractivity contribution is -0.154. The van der Waals surface area contributed by atoms with Crippen LogP contribution in [-0.4, -0.2) is 56.2 Å². The number of methoxy groups -OCH3 is 1. The molecule has 0 saturated carbocycles. The van der Waals surface area contributed by atoms with E-state index in [1.54, 1.807) is 24.3 Å². The van der Waals surface area contributed by atoms with E-state index in [0.29, 0.717) is 35.7 Å². The molecule has 0 aliphatic carbocycles. The van der Waals surface area contributed by atoms with Gasteiger partial charge in [-0.05, 0) is 73.8 Å². The molecular formula is C26H29F3N2O4. The maximum absolute atomic E-state index is 13.8. The summed E-state index contributed by atoms with van der Waals surface area (Å²) in [4.78, 5) is 29.5. The van der Waals surface area contributed by atoms with Gasteiger partial charge in [0.25, 0.3) is 5.91 Å². The summed E-state index contributed by atoms with van der Waals surface area (Å²) in [6, 6.07) is 10.4. The van der Waals surface area contributed by atoms with Crippen molar-refractivity contribution in [2.75, 3.05) is 38.2 Å². The van der Waals surface area contributed by atoms with Crippen molar-refractivity contribution in [1.82, 2.24) is 4.90 Å². The third-order valence-electron chi connectivity index (χ3n) is 6.69. The summed E-state index contributed by atoms with van der Waals surface area (Å²) in [6.07, 6.45) is -3.42. The highest BCUT2D eigenvalue weighted by atomic mass is 19.4. The maximum atomic E-state index is 13.8. The number of esters is 1. The molecule has 2 aromatic rings. The average Bonchev–Trinajstić information content (AvgIpc) is 3.31. The molecule has 1 saturated heterocycles. The topological polar surface area (TPSA) is 59.1 Å². The van der Waals surface area contributed by atoms with Crippen LogP contribution in [0.4, 0.5) is 18.9 Å². The number of rotatable bonds is 6. The van der Waals surface area contributed by atoms with Crippen molar-refractivity contribution in [2.24, 2.45) is 0 Å². The van der Waals surface area contributed by atoms with Gasteiger partial charge < -0.3 is 19.3 Å². The van der Waals surface area contributed by atoms with Gasteiger partial charge in [-0.25, -0.2) is 0 Å². The molecule has 9 heteroatoms. The quantitative estimate of drug-likeness (QED) is 0.562. The van der Waals surface area contributed by atoms with Crippen LogP contribution in [0.15, 0.2) is 42.5 Å². The number of carbonyl (C=O) groups excluding carboxylic acids is 2. The summed E-state index contributed by atoms with van der Waals surface area (Å²) >= 11 is 0. The Labute approximate surface area is 202 Å². The SMILES string of the molecule is COc1ccc(C2Cc3cc(C(F)(F)F)ccc3N(CCN3CCCC3)C(=O)C2OC(C)=O)cc1. The van der Waals surface area contributed by atoms with E-state index in [9.17, 15) is 22.8 Å². The van der Waals surface area contributed by atoms with Crippen LogP contribution in [0.5, 0.6) is 5.75 Å². The van der Waals surface area contributed by atoms with E-state index in [1.165, 1.54) is 25.0 Å². The fourth-order valence-electron chi connectivity index (χ4n) is 4.91. The Balaban J connectivity index is 1.78. The van der Waals surface area contributed by atoms with Crippen molar-refractivity contribution in [3.8, 4) is 5.75 Å². The molecule has 2 aliphatic heterocycles. The first-order chi connectivity index (χ1) is 16.7. The molecule has 4 rings (SSSR count). The Morgan fingerprint density at radius 2 is 1.74 bits per heavy atom. The molecule has 2 aliphatic rings. The first-order valence-electron chi connectivity index (χ1n) is 11.7. The number of ether oxygens (including phenoxy) is 2. The van der Waals surface area contributed by atoms with E-state index < -0.39 is 35.6 Å². The molecule has 1 amide bonds. The third kappa shape index (κ3) is 5.61. The van der Waals surface area contributed by atoms with Crippen molar-refractivity contribution in [3.05, 3.63) is 59.2 Å². The molecule has 2 aromatic carbocycles. The number of nitrogens with zero attached hydrogens (tertiary/aromatic N) is 2. The maximum Gasteiger partial charge on any atom is 0.416 e. The first-order valence-corrected chi connectivity index (χ1v) is 11.7. The zero-order valence-electron chi connectivity index (χ0n) is 19.8. The lowest BCUT2D eigenvalue weighted by Gasteiger charge is -2.29. The number of halogens is 3. The van der Waals surface area contributed by atoms with Crippen LogP contribution in [0.3, 0.4) is 0 Å². The van der Waals surface area contributed by atoms with E-state index in [1.807, 2.05) is 0 Å². The van der Waals surface area contributed by atoms with Crippen molar-refractivity contribution >= 4 is 17.6 Å². The molecule has 0 bridgehead atoms. The number of benzene rings is 2. The predicted octanol–water partition coefficient (Wildman–Crippen LogP) is 4.41. The Morgan fingerprint density at radius 1 is 1.06 bits per heavy atom. The van der Waals surface area contributed by atoms with E-state index in [0.717, 1.165) is 38.1 Å². The van der Waals surface area contributed by atoms with Crippen molar-refractivity contribution in [2.45, 2.75) is 44.4 Å². The molecule has 2 heterocycles. The Morgan fingerprint density at radius 3 is 2.34 bits per heavy atom. The smallest absolute Gasteiger partial charge is 0.416 e. The molecule has 1 fully saturated rings. The van der Waals surface area contributed by atoms with E-state index >= 15 is 0 Å². The first kappa shape index (κ1) is 25.0. The summed E-state index contributed by atoms with van der Waals surface area (Å²) in [7, 11) is 1.53. The van der Waals surface area contributed by atoms with Crippen molar-refractivity contribution < 1.29 is 32.2 Å². The summed E-state index contributed by atoms with van der Waals surface area (Å²) < 4.78 is 51.5. The van der Waals surface area contributed by atoms with E-state index in [2.05, 4.69) is 4.90 Å². The van der Waals surface area contributed by atoms with E-state index in [-0.39, 0.29) is 6.42 Å². The normalized spacial score (nSPS) is 20.9. The summed E-state index contributed by atoms with van der Waals surface area (Å²) in [5.74, 6) is -1.11. The van der Waals surface area contributed by atoms with Crippen LogP contribution < -0.4 is 9.64 Å². The standard InChI is InChI=1S/C26H29F3N2O4/c1-17(32)35-24-22(18-5-8-21(34-2)9-6-18)16-19-15-20(26(27,28)29)7-10-23(19)31(25(24)33)14-13-30-11-3-4-12-30/h5-10,15,22,24H,3-4,11-14,16H2,1-2H3. The second-order valence-corrected chi connectivity index (χ2v) is 8.99. The Hall–Kier alpha value is -3.07. The summed E-state index contributed by atoms with van der Waals surface area (Å²) in [6.45, 7) is 3.96. The summed E-state index contributed by atoms with van der Waals surface area (Å²) in [5, 5.41) is 0. The van der Waals surface area contributed by atoms with Crippen molar-refractivity contribution in [1.29, 1.82) is 0 Å². The van der Waals surface area contributed by atoms with Crippen LogP contribution in [0.25, 0.3) is 0 Å². The van der Waals surface area contributed by atoms with Gasteiger partial charge in [0, 0.05) is 31.6 Å². The van der Waals surface area contributed by atoms with Gasteiger partial charge in [0.1, 0.15) is 5.75 Å². The zero-order chi connectivity index (χ0) is 25.2. The molecule has 2 atom stereocenters. The van der Waals surface area contributed by atoms with Crippen molar-refractivity contribution in [3.63, 3.8) is 0 Å². The number of hydrogen-bond donors (Lipinski definition) is 0. The molecule has 35 heavy (non-hydrogen) atoms. The molecule has 188 valence electrons. The second kappa shape index (κ2) is 10.3. The largest absolute Gasteiger partial charge is 0.497 e. The fourth-order valence-corrected chi connectivity index (χ4v) is 4.91. The lowest BCUT2D eigenvalue weighted by Crippen LogP contribution is -2.46. The van der Waals surface area contributed by atoms with Gasteiger partial charge in [0.15, 0.2) is 6.10 Å². The van der Waals surface area contributed by atoms with Gasteiger partial charge in [0.05, 0.1) is 12.7 Å². The highest BCUT2D eigenvalue weighted by Crippen LogP contribution is 2.40. The minimum atomic E-state index is -4.52. The van der Waals surface area contributed by atoms with Crippen LogP contribution in [0.1, 0.15) is 42.4 Å². The fraction of sp³-hybridized carbons (Fsp3) is 0.462. The predicted molar refractivity (Wildman–Crippen MR) is 124 cm³/mol. The second-order valence-electron chi connectivity index (χ2n) is 8.99. The van der Waals surface area contributed by atoms with Crippen LogP contribution in [0, 0.1) is 0 Å². The van der Waals surface area contributed by atoms with Gasteiger partial charge in [-0.15, -0.1) is 0 Å². The van der Waals surface area contributed by atoms with Crippen LogP contribution in [0.2, 0.25) is 0 Å². The molecule has 6 nitrogen and oxygen atoms in total. The number of alkyl halides is 3. The number of amides is 1. The van der Waals surface area contributed by atoms with Gasteiger partial charge in [-0.2, -0.15) is 13.2 Å². The number of carbonyl (C=O) groups is 2. The molecule has 0 N–H and O–H groups in total. The Bertz CT molecular complexity index is 1070. The minimum absolute atomic E-state index is 0.107. The molecular weight excluding hydrogens is 461 g/mol. The Kier molecular flexibility index (Phi) is 7.35. The van der Waals surface area contributed by atoms with Gasteiger partial charge >= 0.3 is 12.1 Å². The zero-order valence-corrected chi connectivity index (χ0v) is 19.8. The molecule has 2 unspecified atom stereocenters. The van der Waals surface area contributed by atoms with Gasteiger partial charge in [0.2, 0.25) is 0 Å². The third-order valence-corrected chi connectivity index (χ3v) is 6.69. The highest BCUT2D eigenvalue weighted by Gasteiger charge is 2.41. The monoisotopic (exact) mass is 490 g/mol. The molecule has 0 radical (unpaired) electrons. The number of fused-ring (bicyclic) bond motifs is 1. The number of anilines is 1. The lowest BCUT2D eigenvalue weighted by atomic mass is 9.87. The van der Waals surface area contributed by atoms with Gasteiger partial charge in [-0.1, -0.05) is 12.1 Å². The van der Waals surface area contributed by atoms with Crippen LogP contribution in [-0.2, 0) is 26.9 Å². The molecule has 0 spiro atoms. The number of likely N-dealkylation sites (tertiary alicyclic amines) is 1. The number of hydrogen-bond acceptors (Lipinski definition) is 5. The summed E-state index contributed by atoms with van der Waals surface area (Å²) in [5.41, 5.74) is 0.721. The van der Waals surface area contributed by atoms with Gasteiger partial charge in [-0.3, -0.25) is 9.59 Å². The van der Waals surface area contributed by atoms with Crippen LogP contribution >= 0.6 is 0 Å². The molecule has 0 aromatic heterocycles. The van der Waals surface area contributed by atoms with E-state index in [4.69, 9.17) is 9.47 Å². The minimum Gasteiger partial charge on any atom is -0.497 e.